The molecule has 0 bridgehead atoms. The molecule has 1 saturated heterocycles. The third-order valence-electron chi connectivity index (χ3n) is 4.91. The largest absolute Gasteiger partial charge is 0.444 e. The summed E-state index contributed by atoms with van der Waals surface area (Å²) in [6.07, 6.45) is 0.118. The molecule has 5 nitrogen and oxygen atoms in total. The Kier molecular flexibility index (Phi) is 5.76. The molecule has 5 heteroatoms. The van der Waals surface area contributed by atoms with Gasteiger partial charge in [0.2, 0.25) is 5.91 Å². The normalized spacial score (nSPS) is 20.3. The summed E-state index contributed by atoms with van der Waals surface area (Å²) in [5.74, 6) is 0.252. The third-order valence-corrected chi connectivity index (χ3v) is 4.91. The Morgan fingerprint density at radius 1 is 1.24 bits per heavy atom. The first-order chi connectivity index (χ1) is 11.6. The van der Waals surface area contributed by atoms with E-state index in [9.17, 15) is 9.59 Å². The highest BCUT2D eigenvalue weighted by Gasteiger charge is 2.38. The second kappa shape index (κ2) is 7.46. The first kappa shape index (κ1) is 19.3. The van der Waals surface area contributed by atoms with Crippen LogP contribution in [0.15, 0.2) is 30.3 Å². The van der Waals surface area contributed by atoms with Crippen LogP contribution in [0.5, 0.6) is 0 Å². The number of carbonyl (C=O) groups is 2. The molecule has 138 valence electrons. The zero-order valence-corrected chi connectivity index (χ0v) is 16.2. The van der Waals surface area contributed by atoms with Gasteiger partial charge in [0.15, 0.2) is 0 Å². The Labute approximate surface area is 150 Å². The molecule has 25 heavy (non-hydrogen) atoms. The van der Waals surface area contributed by atoms with Crippen LogP contribution in [-0.4, -0.2) is 47.0 Å². The molecule has 1 aliphatic rings. The Balaban J connectivity index is 2.02. The van der Waals surface area contributed by atoms with Gasteiger partial charge >= 0.3 is 6.09 Å². The lowest BCUT2D eigenvalue weighted by Crippen LogP contribution is -2.43. The predicted molar refractivity (Wildman–Crippen MR) is 98.1 cm³/mol. The fourth-order valence-corrected chi connectivity index (χ4v) is 3.19. The summed E-state index contributed by atoms with van der Waals surface area (Å²) < 4.78 is 5.44. The smallest absolute Gasteiger partial charge is 0.410 e. The maximum atomic E-state index is 12.5. The molecular formula is C20H30N2O3. The lowest BCUT2D eigenvalue weighted by atomic mass is 9.99. The van der Waals surface area contributed by atoms with Gasteiger partial charge in [-0.1, -0.05) is 30.3 Å². The number of hydrogen-bond acceptors (Lipinski definition) is 3. The van der Waals surface area contributed by atoms with Crippen molar-refractivity contribution in [3.8, 4) is 0 Å². The van der Waals surface area contributed by atoms with Gasteiger partial charge in [0, 0.05) is 32.0 Å². The Morgan fingerprint density at radius 3 is 2.40 bits per heavy atom. The van der Waals surface area contributed by atoms with Crippen molar-refractivity contribution in [2.24, 2.45) is 5.92 Å². The Bertz CT molecular complexity index is 609. The van der Waals surface area contributed by atoms with Crippen LogP contribution in [0.2, 0.25) is 0 Å². The minimum atomic E-state index is -0.523. The van der Waals surface area contributed by atoms with E-state index in [1.165, 1.54) is 0 Å². The van der Waals surface area contributed by atoms with Crippen molar-refractivity contribution in [2.75, 3.05) is 13.6 Å². The van der Waals surface area contributed by atoms with Crippen molar-refractivity contribution in [3.63, 3.8) is 0 Å². The summed E-state index contributed by atoms with van der Waals surface area (Å²) in [6.45, 7) is 10.3. The molecule has 0 aliphatic carbocycles. The summed E-state index contributed by atoms with van der Waals surface area (Å²) >= 11 is 0. The van der Waals surface area contributed by atoms with Gasteiger partial charge in [-0.25, -0.2) is 4.79 Å². The Morgan fingerprint density at radius 2 is 1.84 bits per heavy atom. The average Bonchev–Trinajstić information content (AvgIpc) is 2.93. The molecule has 1 heterocycles. The number of benzene rings is 1. The quantitative estimate of drug-likeness (QED) is 0.832. The maximum Gasteiger partial charge on any atom is 0.410 e. The van der Waals surface area contributed by atoms with Crippen LogP contribution in [0.3, 0.4) is 0 Å². The molecule has 0 aromatic heterocycles. The molecule has 1 aromatic rings. The van der Waals surface area contributed by atoms with Crippen molar-refractivity contribution >= 4 is 12.0 Å². The van der Waals surface area contributed by atoms with E-state index in [1.54, 1.807) is 11.9 Å². The van der Waals surface area contributed by atoms with Crippen LogP contribution in [0.1, 0.15) is 52.6 Å². The standard InChI is InChI=1S/C20H30N2O3/c1-14(21(6)19(24)25-20(3,4)5)17-12-18(23)22(13-17)15(2)16-10-8-7-9-11-16/h7-11,14-15,17H,12-13H2,1-6H3/t14-,15+,17+/m1/s1. The van der Waals surface area contributed by atoms with Gasteiger partial charge in [-0.15, -0.1) is 0 Å². The molecule has 2 rings (SSSR count). The molecule has 0 spiro atoms. The number of carbonyl (C=O) groups excluding carboxylic acids is 2. The number of rotatable bonds is 4. The van der Waals surface area contributed by atoms with Gasteiger partial charge in [0.25, 0.3) is 0 Å². The molecule has 0 saturated carbocycles. The molecule has 2 amide bonds. The minimum absolute atomic E-state index is 0.0396. The fraction of sp³-hybridized carbons (Fsp3) is 0.600. The van der Waals surface area contributed by atoms with E-state index in [1.807, 2.05) is 62.9 Å². The van der Waals surface area contributed by atoms with E-state index >= 15 is 0 Å². The fourth-order valence-electron chi connectivity index (χ4n) is 3.19. The SMILES string of the molecule is C[C@H]([C@H]1CC(=O)N([C@@H](C)c2ccccc2)C1)N(C)C(=O)OC(C)(C)C. The van der Waals surface area contributed by atoms with Gasteiger partial charge < -0.3 is 14.5 Å². The van der Waals surface area contributed by atoms with Gasteiger partial charge in [0.1, 0.15) is 5.60 Å². The van der Waals surface area contributed by atoms with Crippen LogP contribution in [0.25, 0.3) is 0 Å². The van der Waals surface area contributed by atoms with E-state index in [-0.39, 0.29) is 30.0 Å². The van der Waals surface area contributed by atoms with E-state index in [0.29, 0.717) is 13.0 Å². The molecule has 1 aliphatic heterocycles. The molecule has 0 N–H and O–H groups in total. The van der Waals surface area contributed by atoms with Gasteiger partial charge in [-0.3, -0.25) is 4.79 Å². The molecule has 1 fully saturated rings. The predicted octanol–water partition coefficient (Wildman–Crippen LogP) is 3.85. The zero-order chi connectivity index (χ0) is 18.8. The summed E-state index contributed by atoms with van der Waals surface area (Å²) in [5.41, 5.74) is 0.606. The first-order valence-corrected chi connectivity index (χ1v) is 8.90. The highest BCUT2D eigenvalue weighted by molar-refractivity contribution is 5.79. The highest BCUT2D eigenvalue weighted by Crippen LogP contribution is 2.31. The van der Waals surface area contributed by atoms with Crippen molar-refractivity contribution in [1.29, 1.82) is 0 Å². The zero-order valence-electron chi connectivity index (χ0n) is 16.2. The summed E-state index contributed by atoms with van der Waals surface area (Å²) in [7, 11) is 1.74. The third kappa shape index (κ3) is 4.74. The van der Waals surface area contributed by atoms with Crippen molar-refractivity contribution in [3.05, 3.63) is 35.9 Å². The first-order valence-electron chi connectivity index (χ1n) is 8.90. The lowest BCUT2D eigenvalue weighted by molar-refractivity contribution is -0.129. The lowest BCUT2D eigenvalue weighted by Gasteiger charge is -2.32. The number of likely N-dealkylation sites (tertiary alicyclic amines) is 1. The van der Waals surface area contributed by atoms with Crippen molar-refractivity contribution in [1.82, 2.24) is 9.80 Å². The monoisotopic (exact) mass is 346 g/mol. The second-order valence-electron chi connectivity index (χ2n) is 7.93. The van der Waals surface area contributed by atoms with Crippen LogP contribution in [0.4, 0.5) is 4.79 Å². The highest BCUT2D eigenvalue weighted by atomic mass is 16.6. The molecule has 0 unspecified atom stereocenters. The molecule has 0 radical (unpaired) electrons. The average molecular weight is 346 g/mol. The molecular weight excluding hydrogens is 316 g/mol. The summed E-state index contributed by atoms with van der Waals surface area (Å²) in [5, 5.41) is 0. The van der Waals surface area contributed by atoms with Gasteiger partial charge in [-0.05, 0) is 40.2 Å². The van der Waals surface area contributed by atoms with Crippen LogP contribution in [-0.2, 0) is 9.53 Å². The second-order valence-corrected chi connectivity index (χ2v) is 7.93. The van der Waals surface area contributed by atoms with E-state index < -0.39 is 5.60 Å². The Hall–Kier alpha value is -2.04. The van der Waals surface area contributed by atoms with Crippen molar-refractivity contribution in [2.45, 2.75) is 58.7 Å². The van der Waals surface area contributed by atoms with Gasteiger partial charge in [-0.2, -0.15) is 0 Å². The van der Waals surface area contributed by atoms with E-state index in [0.717, 1.165) is 5.56 Å². The number of amides is 2. The van der Waals surface area contributed by atoms with Gasteiger partial charge in [0.05, 0.1) is 6.04 Å². The molecule has 1 aromatic carbocycles. The maximum absolute atomic E-state index is 12.5. The summed E-state index contributed by atoms with van der Waals surface area (Å²) in [6, 6.07) is 10.0. The van der Waals surface area contributed by atoms with E-state index in [4.69, 9.17) is 4.74 Å². The number of ether oxygens (including phenoxy) is 1. The summed E-state index contributed by atoms with van der Waals surface area (Å²) in [4.78, 5) is 28.3. The minimum Gasteiger partial charge on any atom is -0.444 e. The topological polar surface area (TPSA) is 49.9 Å². The van der Waals surface area contributed by atoms with Crippen LogP contribution >= 0.6 is 0 Å². The van der Waals surface area contributed by atoms with Crippen LogP contribution in [0, 0.1) is 5.92 Å². The van der Waals surface area contributed by atoms with Crippen molar-refractivity contribution < 1.29 is 14.3 Å². The van der Waals surface area contributed by atoms with E-state index in [2.05, 4.69) is 6.92 Å². The molecule has 3 atom stereocenters. The van der Waals surface area contributed by atoms with Crippen LogP contribution < -0.4 is 0 Å². The number of hydrogen-bond donors (Lipinski definition) is 0. The number of nitrogens with zero attached hydrogens (tertiary/aromatic N) is 2.